The van der Waals surface area contributed by atoms with Crippen molar-refractivity contribution in [2.75, 3.05) is 7.11 Å². The molecule has 0 fully saturated rings. The molecule has 2 rings (SSSR count). The number of benzene rings is 1. The number of alkyl halides is 1. The first-order chi connectivity index (χ1) is 9.69. The molecule has 0 radical (unpaired) electrons. The Morgan fingerprint density at radius 1 is 1.30 bits per heavy atom. The van der Waals surface area contributed by atoms with Crippen LogP contribution in [0, 0.1) is 0 Å². The summed E-state index contributed by atoms with van der Waals surface area (Å²) in [4.78, 5) is 12.1. The van der Waals surface area contributed by atoms with E-state index in [0.29, 0.717) is 12.1 Å². The lowest BCUT2D eigenvalue weighted by Gasteiger charge is -2.09. The van der Waals surface area contributed by atoms with Gasteiger partial charge in [-0.15, -0.1) is 11.6 Å². The number of aromatic nitrogens is 2. The average Bonchev–Trinajstić information content (AvgIpc) is 2.49. The second kappa shape index (κ2) is 6.57. The Morgan fingerprint density at radius 2 is 2.00 bits per heavy atom. The SMILES string of the molecule is CCCn1nc(-c2ccc(OC)cc2)cc(CCl)c1=O. The van der Waals surface area contributed by atoms with Crippen LogP contribution in [-0.2, 0) is 12.4 Å². The smallest absolute Gasteiger partial charge is 0.271 e. The number of nitrogens with zero attached hydrogens (tertiary/aromatic N) is 2. The minimum absolute atomic E-state index is 0.112. The van der Waals surface area contributed by atoms with E-state index in [-0.39, 0.29) is 11.4 Å². The standard InChI is InChI=1S/C15H17ClN2O2/c1-3-8-18-15(19)12(10-16)9-14(17-18)11-4-6-13(20-2)7-5-11/h4-7,9H,3,8,10H2,1-2H3. The fourth-order valence-corrected chi connectivity index (χ4v) is 2.15. The van der Waals surface area contributed by atoms with Gasteiger partial charge in [0.25, 0.3) is 5.56 Å². The molecule has 0 saturated heterocycles. The number of halogens is 1. The molecule has 106 valence electrons. The van der Waals surface area contributed by atoms with Gasteiger partial charge in [-0.2, -0.15) is 5.10 Å². The molecule has 0 spiro atoms. The zero-order valence-corrected chi connectivity index (χ0v) is 12.4. The Kier molecular flexibility index (Phi) is 4.79. The van der Waals surface area contributed by atoms with Gasteiger partial charge in [-0.1, -0.05) is 6.92 Å². The molecule has 5 heteroatoms. The summed E-state index contributed by atoms with van der Waals surface area (Å²) in [6.45, 7) is 2.60. The van der Waals surface area contributed by atoms with Crippen LogP contribution in [0.15, 0.2) is 35.1 Å². The maximum Gasteiger partial charge on any atom is 0.271 e. The fourth-order valence-electron chi connectivity index (χ4n) is 1.96. The summed E-state index contributed by atoms with van der Waals surface area (Å²) in [6, 6.07) is 9.32. The van der Waals surface area contributed by atoms with E-state index in [2.05, 4.69) is 5.10 Å². The third kappa shape index (κ3) is 3.02. The zero-order valence-electron chi connectivity index (χ0n) is 11.6. The normalized spacial score (nSPS) is 10.6. The predicted octanol–water partition coefficient (Wildman–Crippen LogP) is 3.07. The van der Waals surface area contributed by atoms with E-state index in [1.807, 2.05) is 31.2 Å². The summed E-state index contributed by atoms with van der Waals surface area (Å²) in [5.41, 5.74) is 2.14. The highest BCUT2D eigenvalue weighted by atomic mass is 35.5. The molecule has 1 aromatic heterocycles. The largest absolute Gasteiger partial charge is 0.497 e. The molecule has 0 atom stereocenters. The van der Waals surface area contributed by atoms with Gasteiger partial charge in [0, 0.05) is 17.7 Å². The quantitative estimate of drug-likeness (QED) is 0.796. The van der Waals surface area contributed by atoms with Crippen LogP contribution in [0.3, 0.4) is 0 Å². The van der Waals surface area contributed by atoms with E-state index < -0.39 is 0 Å². The Hall–Kier alpha value is -1.81. The molecule has 2 aromatic rings. The molecule has 0 aliphatic heterocycles. The van der Waals surface area contributed by atoms with Crippen molar-refractivity contribution in [3.8, 4) is 17.0 Å². The molecular formula is C15H17ClN2O2. The molecule has 0 N–H and O–H groups in total. The summed E-state index contributed by atoms with van der Waals surface area (Å²) >= 11 is 5.85. The number of ether oxygens (including phenoxy) is 1. The van der Waals surface area contributed by atoms with Gasteiger partial charge in [-0.25, -0.2) is 4.68 Å². The van der Waals surface area contributed by atoms with Crippen molar-refractivity contribution < 1.29 is 4.74 Å². The van der Waals surface area contributed by atoms with Crippen LogP contribution >= 0.6 is 11.6 Å². The van der Waals surface area contributed by atoms with Crippen LogP contribution < -0.4 is 10.3 Å². The van der Waals surface area contributed by atoms with Crippen LogP contribution in [0.4, 0.5) is 0 Å². The van der Waals surface area contributed by atoms with Gasteiger partial charge in [0.2, 0.25) is 0 Å². The second-order valence-electron chi connectivity index (χ2n) is 4.45. The van der Waals surface area contributed by atoms with Crippen LogP contribution in [0.2, 0.25) is 0 Å². The van der Waals surface area contributed by atoms with Crippen molar-refractivity contribution in [3.63, 3.8) is 0 Å². The second-order valence-corrected chi connectivity index (χ2v) is 4.71. The molecule has 0 unspecified atom stereocenters. The number of methoxy groups -OCH3 is 1. The molecule has 1 heterocycles. The third-order valence-corrected chi connectivity index (χ3v) is 3.30. The summed E-state index contributed by atoms with van der Waals surface area (Å²) in [6.07, 6.45) is 0.848. The van der Waals surface area contributed by atoms with Crippen molar-refractivity contribution in [2.24, 2.45) is 0 Å². The minimum Gasteiger partial charge on any atom is -0.497 e. The van der Waals surface area contributed by atoms with Gasteiger partial charge in [-0.3, -0.25) is 4.79 Å². The van der Waals surface area contributed by atoms with Crippen LogP contribution in [-0.4, -0.2) is 16.9 Å². The molecule has 1 aromatic carbocycles. The Morgan fingerprint density at radius 3 is 2.55 bits per heavy atom. The summed E-state index contributed by atoms with van der Waals surface area (Å²) in [5.74, 6) is 0.974. The molecule has 0 aliphatic carbocycles. The third-order valence-electron chi connectivity index (χ3n) is 3.01. The van der Waals surface area contributed by atoms with Crippen molar-refractivity contribution in [1.82, 2.24) is 9.78 Å². The van der Waals surface area contributed by atoms with Gasteiger partial charge in [0.05, 0.1) is 18.7 Å². The Labute approximate surface area is 123 Å². The van der Waals surface area contributed by atoms with E-state index in [1.54, 1.807) is 13.2 Å². The number of aryl methyl sites for hydroxylation is 1. The van der Waals surface area contributed by atoms with Crippen molar-refractivity contribution >= 4 is 11.6 Å². The van der Waals surface area contributed by atoms with Crippen LogP contribution in [0.1, 0.15) is 18.9 Å². The molecule has 0 amide bonds. The fraction of sp³-hybridized carbons (Fsp3) is 0.333. The summed E-state index contributed by atoms with van der Waals surface area (Å²) in [7, 11) is 1.63. The maximum atomic E-state index is 12.1. The van der Waals surface area contributed by atoms with Gasteiger partial charge in [0.15, 0.2) is 0 Å². The highest BCUT2D eigenvalue weighted by molar-refractivity contribution is 6.17. The summed E-state index contributed by atoms with van der Waals surface area (Å²) < 4.78 is 6.62. The van der Waals surface area contributed by atoms with Gasteiger partial charge in [-0.05, 0) is 36.8 Å². The lowest BCUT2D eigenvalue weighted by molar-refractivity contribution is 0.415. The topological polar surface area (TPSA) is 44.1 Å². The predicted molar refractivity (Wildman–Crippen MR) is 80.3 cm³/mol. The molecule has 4 nitrogen and oxygen atoms in total. The number of rotatable bonds is 5. The van der Waals surface area contributed by atoms with E-state index >= 15 is 0 Å². The number of hydrogen-bond acceptors (Lipinski definition) is 3. The van der Waals surface area contributed by atoms with Gasteiger partial charge in [0.1, 0.15) is 5.75 Å². The van der Waals surface area contributed by atoms with Crippen molar-refractivity contribution in [1.29, 1.82) is 0 Å². The first kappa shape index (κ1) is 14.6. The van der Waals surface area contributed by atoms with Gasteiger partial charge >= 0.3 is 0 Å². The van der Waals surface area contributed by atoms with Crippen molar-refractivity contribution in [3.05, 3.63) is 46.2 Å². The van der Waals surface area contributed by atoms with Crippen molar-refractivity contribution in [2.45, 2.75) is 25.8 Å². The van der Waals surface area contributed by atoms with E-state index in [9.17, 15) is 4.79 Å². The molecular weight excluding hydrogens is 276 g/mol. The average molecular weight is 293 g/mol. The van der Waals surface area contributed by atoms with E-state index in [0.717, 1.165) is 23.4 Å². The Balaban J connectivity index is 2.49. The van der Waals surface area contributed by atoms with E-state index in [1.165, 1.54) is 4.68 Å². The lowest BCUT2D eigenvalue weighted by atomic mass is 10.1. The number of hydrogen-bond donors (Lipinski definition) is 0. The first-order valence-electron chi connectivity index (χ1n) is 6.51. The molecule has 0 bridgehead atoms. The van der Waals surface area contributed by atoms with Crippen LogP contribution in [0.25, 0.3) is 11.3 Å². The molecule has 0 aliphatic rings. The zero-order chi connectivity index (χ0) is 14.5. The highest BCUT2D eigenvalue weighted by Gasteiger charge is 2.09. The van der Waals surface area contributed by atoms with Gasteiger partial charge < -0.3 is 4.74 Å². The maximum absolute atomic E-state index is 12.1. The summed E-state index contributed by atoms with van der Waals surface area (Å²) in [5, 5.41) is 4.40. The first-order valence-corrected chi connectivity index (χ1v) is 7.04. The molecule has 20 heavy (non-hydrogen) atoms. The highest BCUT2D eigenvalue weighted by Crippen LogP contribution is 2.20. The Bertz CT molecular complexity index is 635. The monoisotopic (exact) mass is 292 g/mol. The minimum atomic E-state index is -0.112. The van der Waals surface area contributed by atoms with E-state index in [4.69, 9.17) is 16.3 Å². The van der Waals surface area contributed by atoms with Crippen LogP contribution in [0.5, 0.6) is 5.75 Å². The molecule has 0 saturated carbocycles. The lowest BCUT2D eigenvalue weighted by Crippen LogP contribution is -2.26.